The summed E-state index contributed by atoms with van der Waals surface area (Å²) in [5.74, 6) is -0.664. The van der Waals surface area contributed by atoms with Gasteiger partial charge < -0.3 is 25.3 Å². The van der Waals surface area contributed by atoms with Crippen molar-refractivity contribution in [3.8, 4) is 5.75 Å². The van der Waals surface area contributed by atoms with Gasteiger partial charge in [-0.15, -0.1) is 0 Å². The summed E-state index contributed by atoms with van der Waals surface area (Å²) in [6, 6.07) is 20.4. The number of rotatable bonds is 11. The van der Waals surface area contributed by atoms with Crippen molar-refractivity contribution >= 4 is 17.7 Å². The monoisotopic (exact) mass is 569 g/mol. The molecule has 3 amide bonds. The lowest BCUT2D eigenvalue weighted by molar-refractivity contribution is -0.140. The van der Waals surface area contributed by atoms with Crippen LogP contribution >= 0.6 is 0 Å². The van der Waals surface area contributed by atoms with E-state index in [4.69, 9.17) is 4.74 Å². The number of ether oxygens (including phenoxy) is 1. The smallest absolute Gasteiger partial charge is 0.251 e. The molecule has 1 aliphatic rings. The summed E-state index contributed by atoms with van der Waals surface area (Å²) >= 11 is 0. The first kappa shape index (κ1) is 28.5. The fourth-order valence-electron chi connectivity index (χ4n) is 4.95. The Morgan fingerprint density at radius 3 is 2.31 bits per heavy atom. The third-order valence-corrected chi connectivity index (χ3v) is 7.38. The van der Waals surface area contributed by atoms with Gasteiger partial charge in [0, 0.05) is 49.3 Å². The van der Waals surface area contributed by atoms with Crippen molar-refractivity contribution in [3.63, 3.8) is 0 Å². The van der Waals surface area contributed by atoms with Crippen molar-refractivity contribution in [3.05, 3.63) is 120 Å². The molecule has 1 aromatic heterocycles. The molecule has 2 atom stereocenters. The number of carbonyl (C=O) groups excluding carboxylic acids is 3. The van der Waals surface area contributed by atoms with Crippen LogP contribution in [0.4, 0.5) is 4.39 Å². The number of nitrogens with zero attached hydrogens (tertiary/aromatic N) is 2. The summed E-state index contributed by atoms with van der Waals surface area (Å²) in [5, 5.41) is 5.73. The molecule has 216 valence electrons. The van der Waals surface area contributed by atoms with Crippen LogP contribution in [0.2, 0.25) is 0 Å². The molecule has 1 fully saturated rings. The third-order valence-electron chi connectivity index (χ3n) is 7.38. The number of amides is 3. The molecule has 3 aromatic carbocycles. The van der Waals surface area contributed by atoms with Gasteiger partial charge in [0.15, 0.2) is 0 Å². The van der Waals surface area contributed by atoms with Crippen LogP contribution in [-0.4, -0.2) is 64.9 Å². The number of carbonyl (C=O) groups is 3. The van der Waals surface area contributed by atoms with Crippen LogP contribution < -0.4 is 15.4 Å². The minimum atomic E-state index is -0.965. The Morgan fingerprint density at radius 1 is 0.952 bits per heavy atom. The van der Waals surface area contributed by atoms with Gasteiger partial charge in [-0.25, -0.2) is 9.37 Å². The van der Waals surface area contributed by atoms with E-state index in [9.17, 15) is 18.8 Å². The average molecular weight is 570 g/mol. The molecule has 0 saturated carbocycles. The fraction of sp³-hybridized carbons (Fsp3) is 0.250. The highest BCUT2D eigenvalue weighted by Crippen LogP contribution is 2.28. The Bertz CT molecular complexity index is 1490. The van der Waals surface area contributed by atoms with Crippen molar-refractivity contribution in [1.29, 1.82) is 0 Å². The van der Waals surface area contributed by atoms with Gasteiger partial charge in [-0.3, -0.25) is 14.4 Å². The first-order valence-electron chi connectivity index (χ1n) is 13.7. The van der Waals surface area contributed by atoms with Crippen LogP contribution in [0.25, 0.3) is 0 Å². The van der Waals surface area contributed by atoms with E-state index in [1.54, 1.807) is 72.8 Å². The van der Waals surface area contributed by atoms with Gasteiger partial charge in [-0.1, -0.05) is 42.5 Å². The van der Waals surface area contributed by atoms with E-state index in [-0.39, 0.29) is 30.5 Å². The zero-order valence-corrected chi connectivity index (χ0v) is 23.1. The molecule has 1 saturated heterocycles. The Hall–Kier alpha value is -4.99. The number of nitrogens with one attached hydrogen (secondary N) is 3. The fourth-order valence-corrected chi connectivity index (χ4v) is 4.95. The van der Waals surface area contributed by atoms with Crippen LogP contribution in [0.5, 0.6) is 5.75 Å². The number of aromatic amines is 1. The predicted octanol–water partition coefficient (Wildman–Crippen LogP) is 3.25. The second-order valence-corrected chi connectivity index (χ2v) is 10.3. The SMILES string of the molecule is COc1ccc(C[C@H](NC(=O)[C@H](Cc2cnc[nH]2)NC(=O)c2ccccc2)C(=O)N2CC(c3ccc(F)cc3)C2)cc1. The van der Waals surface area contributed by atoms with E-state index in [1.807, 2.05) is 12.1 Å². The number of hydrogen-bond acceptors (Lipinski definition) is 5. The van der Waals surface area contributed by atoms with E-state index in [2.05, 4.69) is 20.6 Å². The van der Waals surface area contributed by atoms with Gasteiger partial charge in [0.05, 0.1) is 13.4 Å². The zero-order valence-electron chi connectivity index (χ0n) is 23.1. The van der Waals surface area contributed by atoms with Crippen LogP contribution in [0, 0.1) is 5.82 Å². The largest absolute Gasteiger partial charge is 0.497 e. The molecule has 4 aromatic rings. The molecule has 0 spiro atoms. The lowest BCUT2D eigenvalue weighted by atomic mass is 9.90. The lowest BCUT2D eigenvalue weighted by Gasteiger charge is -2.41. The summed E-state index contributed by atoms with van der Waals surface area (Å²) in [5.41, 5.74) is 2.87. The van der Waals surface area contributed by atoms with Gasteiger partial charge in [0.1, 0.15) is 23.7 Å². The first-order valence-corrected chi connectivity index (χ1v) is 13.7. The van der Waals surface area contributed by atoms with Crippen LogP contribution in [0.3, 0.4) is 0 Å². The number of aromatic nitrogens is 2. The van der Waals surface area contributed by atoms with E-state index < -0.39 is 23.9 Å². The molecule has 0 radical (unpaired) electrons. The van der Waals surface area contributed by atoms with Gasteiger partial charge >= 0.3 is 0 Å². The van der Waals surface area contributed by atoms with Gasteiger partial charge in [-0.05, 0) is 47.5 Å². The summed E-state index contributed by atoms with van der Waals surface area (Å²) in [6.45, 7) is 0.920. The highest BCUT2D eigenvalue weighted by atomic mass is 19.1. The lowest BCUT2D eigenvalue weighted by Crippen LogP contribution is -2.59. The second kappa shape index (κ2) is 13.1. The number of imidazole rings is 1. The molecule has 0 unspecified atom stereocenters. The number of halogens is 1. The molecule has 3 N–H and O–H groups in total. The number of hydrogen-bond donors (Lipinski definition) is 3. The summed E-state index contributed by atoms with van der Waals surface area (Å²) in [6.07, 6.45) is 3.49. The second-order valence-electron chi connectivity index (χ2n) is 10.3. The maximum absolute atomic E-state index is 13.7. The van der Waals surface area contributed by atoms with Gasteiger partial charge in [0.2, 0.25) is 11.8 Å². The highest BCUT2D eigenvalue weighted by molar-refractivity contribution is 5.98. The minimum absolute atomic E-state index is 0.0881. The predicted molar refractivity (Wildman–Crippen MR) is 154 cm³/mol. The van der Waals surface area contributed by atoms with Crippen molar-refractivity contribution in [2.75, 3.05) is 20.2 Å². The van der Waals surface area contributed by atoms with E-state index >= 15 is 0 Å². The maximum Gasteiger partial charge on any atom is 0.251 e. The number of H-pyrrole nitrogens is 1. The minimum Gasteiger partial charge on any atom is -0.497 e. The van der Waals surface area contributed by atoms with E-state index in [0.717, 1.165) is 11.1 Å². The Morgan fingerprint density at radius 2 is 1.67 bits per heavy atom. The number of likely N-dealkylation sites (tertiary alicyclic amines) is 1. The molecule has 10 heteroatoms. The number of methoxy groups -OCH3 is 1. The van der Waals surface area contributed by atoms with Crippen molar-refractivity contribution in [2.45, 2.75) is 30.8 Å². The third kappa shape index (κ3) is 7.01. The van der Waals surface area contributed by atoms with Crippen molar-refractivity contribution in [1.82, 2.24) is 25.5 Å². The summed E-state index contributed by atoms with van der Waals surface area (Å²) < 4.78 is 18.6. The van der Waals surface area contributed by atoms with Crippen LogP contribution in [0.15, 0.2) is 91.4 Å². The van der Waals surface area contributed by atoms with E-state index in [1.165, 1.54) is 18.5 Å². The molecule has 9 nitrogen and oxygen atoms in total. The average Bonchev–Trinajstić information content (AvgIpc) is 3.50. The summed E-state index contributed by atoms with van der Waals surface area (Å²) in [7, 11) is 1.58. The highest BCUT2D eigenvalue weighted by Gasteiger charge is 2.37. The van der Waals surface area contributed by atoms with Crippen molar-refractivity contribution < 1.29 is 23.5 Å². The zero-order chi connectivity index (χ0) is 29.5. The van der Waals surface area contributed by atoms with E-state index in [0.29, 0.717) is 30.1 Å². The first-order chi connectivity index (χ1) is 20.4. The van der Waals surface area contributed by atoms with Crippen LogP contribution in [-0.2, 0) is 22.4 Å². The van der Waals surface area contributed by atoms with Gasteiger partial charge in [0.25, 0.3) is 5.91 Å². The molecule has 2 heterocycles. The Labute approximate surface area is 243 Å². The number of benzene rings is 3. The molecular weight excluding hydrogens is 537 g/mol. The summed E-state index contributed by atoms with van der Waals surface area (Å²) in [4.78, 5) is 49.1. The molecular formula is C32H32FN5O4. The van der Waals surface area contributed by atoms with Crippen LogP contribution in [0.1, 0.15) is 33.1 Å². The topological polar surface area (TPSA) is 116 Å². The Balaban J connectivity index is 1.33. The normalized spacial score (nSPS) is 14.4. The molecule has 0 bridgehead atoms. The maximum atomic E-state index is 13.7. The Kier molecular flexibility index (Phi) is 8.91. The quantitative estimate of drug-likeness (QED) is 0.257. The standard InChI is InChI=1S/C32H32FN5O4/c1-42-27-13-7-21(8-14-27)15-29(32(41)38-18-24(19-38)22-9-11-25(33)12-10-22)37-31(40)28(16-26-17-34-20-35-26)36-30(39)23-5-3-2-4-6-23/h2-14,17,20,24,28-29H,15-16,18-19H2,1H3,(H,34,35)(H,36,39)(H,37,40)/t28-,29-/m0/s1. The van der Waals surface area contributed by atoms with Gasteiger partial charge in [-0.2, -0.15) is 0 Å². The molecule has 5 rings (SSSR count). The van der Waals surface area contributed by atoms with Crippen molar-refractivity contribution in [2.24, 2.45) is 0 Å². The molecule has 42 heavy (non-hydrogen) atoms. The molecule has 1 aliphatic heterocycles. The molecule has 0 aliphatic carbocycles.